The number of hydrogen-bond donors (Lipinski definition) is 2. The second-order valence-corrected chi connectivity index (χ2v) is 5.58. The van der Waals surface area contributed by atoms with Gasteiger partial charge in [-0.15, -0.1) is 0 Å². The summed E-state index contributed by atoms with van der Waals surface area (Å²) in [6.45, 7) is 3.89. The molecule has 2 rings (SSSR count). The standard InChI is InChI=1S/C20H21FN2O3/c1-3-26-19(24)13-6-15-4-11-18(12-5-15)23-20(25)22-14(2)16-7-9-17(21)10-8-16/h4-14H,3H2,1-2H3,(H2,22,23,25)/b13-6+. The third kappa shape index (κ3) is 6.05. The van der Waals surface area contributed by atoms with Crippen LogP contribution in [0, 0.1) is 5.82 Å². The summed E-state index contributed by atoms with van der Waals surface area (Å²) >= 11 is 0. The summed E-state index contributed by atoms with van der Waals surface area (Å²) in [6.07, 6.45) is 2.99. The Bertz CT molecular complexity index is 771. The highest BCUT2D eigenvalue weighted by atomic mass is 19.1. The molecule has 0 fully saturated rings. The van der Waals surface area contributed by atoms with Crippen molar-refractivity contribution >= 4 is 23.8 Å². The molecule has 0 saturated carbocycles. The van der Waals surface area contributed by atoms with E-state index in [0.29, 0.717) is 12.3 Å². The Balaban J connectivity index is 1.88. The topological polar surface area (TPSA) is 67.4 Å². The molecule has 2 aromatic carbocycles. The molecule has 2 N–H and O–H groups in total. The number of esters is 1. The van der Waals surface area contributed by atoms with E-state index in [1.165, 1.54) is 18.2 Å². The minimum Gasteiger partial charge on any atom is -0.463 e. The molecule has 136 valence electrons. The van der Waals surface area contributed by atoms with Gasteiger partial charge in [-0.05, 0) is 55.3 Å². The minimum atomic E-state index is -0.399. The van der Waals surface area contributed by atoms with Crippen LogP contribution in [0.5, 0.6) is 0 Å². The molecule has 0 heterocycles. The van der Waals surface area contributed by atoms with Crippen LogP contribution in [0.2, 0.25) is 0 Å². The third-order valence-electron chi connectivity index (χ3n) is 3.58. The first kappa shape index (κ1) is 19.2. The minimum absolute atomic E-state index is 0.262. The van der Waals surface area contributed by atoms with Gasteiger partial charge in [0.1, 0.15) is 5.82 Å². The van der Waals surface area contributed by atoms with Crippen LogP contribution in [0.1, 0.15) is 31.0 Å². The van der Waals surface area contributed by atoms with E-state index in [4.69, 9.17) is 4.74 Å². The molecular formula is C20H21FN2O3. The van der Waals surface area contributed by atoms with Crippen molar-refractivity contribution in [3.05, 3.63) is 71.6 Å². The molecule has 0 aliphatic carbocycles. The van der Waals surface area contributed by atoms with Gasteiger partial charge in [-0.3, -0.25) is 0 Å². The average molecular weight is 356 g/mol. The summed E-state index contributed by atoms with van der Waals surface area (Å²) in [5.41, 5.74) is 2.23. The highest BCUT2D eigenvalue weighted by Gasteiger charge is 2.09. The van der Waals surface area contributed by atoms with Gasteiger partial charge in [0, 0.05) is 11.8 Å². The number of ether oxygens (including phenoxy) is 1. The van der Waals surface area contributed by atoms with Crippen molar-refractivity contribution in [2.45, 2.75) is 19.9 Å². The molecule has 0 saturated heterocycles. The number of anilines is 1. The lowest BCUT2D eigenvalue weighted by molar-refractivity contribution is -0.137. The van der Waals surface area contributed by atoms with E-state index in [2.05, 4.69) is 10.6 Å². The number of halogens is 1. The van der Waals surface area contributed by atoms with Crippen molar-refractivity contribution in [2.75, 3.05) is 11.9 Å². The van der Waals surface area contributed by atoms with E-state index in [0.717, 1.165) is 11.1 Å². The average Bonchev–Trinajstić information content (AvgIpc) is 2.62. The quantitative estimate of drug-likeness (QED) is 0.599. The third-order valence-corrected chi connectivity index (χ3v) is 3.58. The lowest BCUT2D eigenvalue weighted by atomic mass is 10.1. The van der Waals surface area contributed by atoms with Gasteiger partial charge >= 0.3 is 12.0 Å². The monoisotopic (exact) mass is 356 g/mol. The van der Waals surface area contributed by atoms with Crippen LogP contribution < -0.4 is 10.6 Å². The molecule has 0 aliphatic rings. The van der Waals surface area contributed by atoms with E-state index in [1.807, 2.05) is 6.92 Å². The first-order valence-electron chi connectivity index (χ1n) is 8.26. The predicted octanol–water partition coefficient (Wildman–Crippen LogP) is 4.28. The molecule has 0 aromatic heterocycles. The van der Waals surface area contributed by atoms with Gasteiger partial charge in [-0.2, -0.15) is 0 Å². The van der Waals surface area contributed by atoms with E-state index in [-0.39, 0.29) is 17.9 Å². The Kier molecular flexibility index (Phi) is 6.91. The van der Waals surface area contributed by atoms with Crippen molar-refractivity contribution in [3.8, 4) is 0 Å². The summed E-state index contributed by atoms with van der Waals surface area (Å²) in [6, 6.07) is 12.3. The van der Waals surface area contributed by atoms with Gasteiger partial charge in [0.05, 0.1) is 12.6 Å². The first-order valence-corrected chi connectivity index (χ1v) is 8.26. The van der Waals surface area contributed by atoms with Crippen molar-refractivity contribution in [2.24, 2.45) is 0 Å². The van der Waals surface area contributed by atoms with Gasteiger partial charge in [-0.1, -0.05) is 24.3 Å². The van der Waals surface area contributed by atoms with Crippen LogP contribution in [0.25, 0.3) is 6.08 Å². The Hall–Kier alpha value is -3.15. The zero-order valence-electron chi connectivity index (χ0n) is 14.7. The largest absolute Gasteiger partial charge is 0.463 e. The molecule has 2 amide bonds. The van der Waals surface area contributed by atoms with Gasteiger partial charge in [0.25, 0.3) is 0 Å². The zero-order chi connectivity index (χ0) is 18.9. The lowest BCUT2D eigenvalue weighted by Gasteiger charge is -2.15. The Morgan fingerprint density at radius 2 is 1.77 bits per heavy atom. The van der Waals surface area contributed by atoms with Crippen LogP contribution in [-0.4, -0.2) is 18.6 Å². The molecule has 0 aliphatic heterocycles. The number of carbonyl (C=O) groups excluding carboxylic acids is 2. The molecular weight excluding hydrogens is 335 g/mol. The smallest absolute Gasteiger partial charge is 0.330 e. The van der Waals surface area contributed by atoms with Crippen molar-refractivity contribution in [3.63, 3.8) is 0 Å². The van der Waals surface area contributed by atoms with Crippen molar-refractivity contribution < 1.29 is 18.7 Å². The second-order valence-electron chi connectivity index (χ2n) is 5.58. The fraction of sp³-hybridized carbons (Fsp3) is 0.200. The fourth-order valence-electron chi connectivity index (χ4n) is 2.23. The van der Waals surface area contributed by atoms with E-state index in [9.17, 15) is 14.0 Å². The van der Waals surface area contributed by atoms with Crippen LogP contribution in [0.4, 0.5) is 14.9 Å². The molecule has 2 aromatic rings. The molecule has 0 spiro atoms. The predicted molar refractivity (Wildman–Crippen MR) is 99.1 cm³/mol. The van der Waals surface area contributed by atoms with Crippen LogP contribution in [0.15, 0.2) is 54.6 Å². The highest BCUT2D eigenvalue weighted by Crippen LogP contribution is 2.14. The Morgan fingerprint density at radius 1 is 1.12 bits per heavy atom. The number of urea groups is 1. The van der Waals surface area contributed by atoms with Crippen molar-refractivity contribution in [1.82, 2.24) is 5.32 Å². The van der Waals surface area contributed by atoms with Crippen LogP contribution >= 0.6 is 0 Å². The van der Waals surface area contributed by atoms with Gasteiger partial charge in [0.15, 0.2) is 0 Å². The zero-order valence-corrected chi connectivity index (χ0v) is 14.7. The number of carbonyl (C=O) groups is 2. The first-order chi connectivity index (χ1) is 12.5. The molecule has 5 nitrogen and oxygen atoms in total. The lowest BCUT2D eigenvalue weighted by Crippen LogP contribution is -2.31. The number of amides is 2. The summed E-state index contributed by atoms with van der Waals surface area (Å²) in [7, 11) is 0. The number of nitrogens with one attached hydrogen (secondary N) is 2. The van der Waals surface area contributed by atoms with Crippen LogP contribution in [-0.2, 0) is 9.53 Å². The van der Waals surface area contributed by atoms with Crippen LogP contribution in [0.3, 0.4) is 0 Å². The number of benzene rings is 2. The molecule has 26 heavy (non-hydrogen) atoms. The Labute approximate surface area is 151 Å². The van der Waals surface area contributed by atoms with Gasteiger partial charge < -0.3 is 15.4 Å². The Morgan fingerprint density at radius 3 is 2.38 bits per heavy atom. The maximum absolute atomic E-state index is 12.9. The van der Waals surface area contributed by atoms with E-state index < -0.39 is 5.97 Å². The molecule has 0 bridgehead atoms. The summed E-state index contributed by atoms with van der Waals surface area (Å²) < 4.78 is 17.7. The second kappa shape index (κ2) is 9.36. The van der Waals surface area contributed by atoms with Crippen molar-refractivity contribution in [1.29, 1.82) is 0 Å². The molecule has 0 radical (unpaired) electrons. The SMILES string of the molecule is CCOC(=O)/C=C/c1ccc(NC(=O)NC(C)c2ccc(F)cc2)cc1. The number of hydrogen-bond acceptors (Lipinski definition) is 3. The van der Waals surface area contributed by atoms with Gasteiger partial charge in [-0.25, -0.2) is 14.0 Å². The van der Waals surface area contributed by atoms with E-state index >= 15 is 0 Å². The molecule has 1 unspecified atom stereocenters. The summed E-state index contributed by atoms with van der Waals surface area (Å²) in [4.78, 5) is 23.3. The summed E-state index contributed by atoms with van der Waals surface area (Å²) in [5.74, 6) is -0.716. The molecule has 1 atom stereocenters. The fourth-order valence-corrected chi connectivity index (χ4v) is 2.23. The maximum atomic E-state index is 12.9. The van der Waals surface area contributed by atoms with Gasteiger partial charge in [0.2, 0.25) is 0 Å². The molecule has 6 heteroatoms. The maximum Gasteiger partial charge on any atom is 0.330 e. The normalized spacial score (nSPS) is 11.8. The highest BCUT2D eigenvalue weighted by molar-refractivity contribution is 5.90. The van der Waals surface area contributed by atoms with E-state index in [1.54, 1.807) is 49.4 Å². The summed E-state index contributed by atoms with van der Waals surface area (Å²) in [5, 5.41) is 5.51. The number of rotatable bonds is 6.